The maximum absolute atomic E-state index is 14.7. The summed E-state index contributed by atoms with van der Waals surface area (Å²) in [4.78, 5) is 20.9. The molecule has 0 aliphatic heterocycles. The standard InChI is InChI=1S/C19H13F4N5O/c1-8-13-10-7-11(20)14(9-4-5-9)25-17(10)28(18(29)15(13)27-26-8)12-3-2-6-24-16(12)19(21,22)23/h2-3,6-7,9H,4-5H2,1H3,(H,26,27). The van der Waals surface area contributed by atoms with E-state index >= 15 is 0 Å². The summed E-state index contributed by atoms with van der Waals surface area (Å²) in [6, 6.07) is 3.67. The number of hydrogen-bond donors (Lipinski definition) is 1. The molecular formula is C19H13F4N5O. The van der Waals surface area contributed by atoms with E-state index in [1.165, 1.54) is 12.1 Å². The molecule has 0 unspecified atom stereocenters. The van der Waals surface area contributed by atoms with Crippen LogP contribution in [0.1, 0.15) is 35.8 Å². The fraction of sp³-hybridized carbons (Fsp3) is 0.263. The minimum Gasteiger partial charge on any atom is -0.281 e. The van der Waals surface area contributed by atoms with Gasteiger partial charge in [-0.15, -0.1) is 0 Å². The third-order valence-corrected chi connectivity index (χ3v) is 5.08. The molecule has 4 heterocycles. The fourth-order valence-electron chi connectivity index (χ4n) is 3.63. The van der Waals surface area contributed by atoms with Gasteiger partial charge in [0.2, 0.25) is 0 Å². The average molecular weight is 403 g/mol. The van der Waals surface area contributed by atoms with Crippen molar-refractivity contribution in [3.05, 3.63) is 57.6 Å². The van der Waals surface area contributed by atoms with Crippen LogP contribution in [0.25, 0.3) is 27.6 Å². The normalized spacial score (nSPS) is 14.8. The summed E-state index contributed by atoms with van der Waals surface area (Å²) < 4.78 is 56.3. The first kappa shape index (κ1) is 17.8. The molecule has 0 aromatic carbocycles. The van der Waals surface area contributed by atoms with Crippen molar-refractivity contribution in [3.63, 3.8) is 0 Å². The van der Waals surface area contributed by atoms with Gasteiger partial charge in [0.15, 0.2) is 11.2 Å². The van der Waals surface area contributed by atoms with Crippen molar-refractivity contribution >= 4 is 21.9 Å². The maximum Gasteiger partial charge on any atom is 0.435 e. The molecule has 0 bridgehead atoms. The zero-order valence-corrected chi connectivity index (χ0v) is 15.0. The summed E-state index contributed by atoms with van der Waals surface area (Å²) in [5.74, 6) is -0.644. The first-order valence-electron chi connectivity index (χ1n) is 8.89. The van der Waals surface area contributed by atoms with Gasteiger partial charge >= 0.3 is 6.18 Å². The third-order valence-electron chi connectivity index (χ3n) is 5.08. The van der Waals surface area contributed by atoms with Gasteiger partial charge in [-0.05, 0) is 38.0 Å². The Morgan fingerprint density at radius 1 is 1.28 bits per heavy atom. The van der Waals surface area contributed by atoms with Gasteiger partial charge in [0, 0.05) is 28.6 Å². The SMILES string of the molecule is Cc1[nH]nc2c(=O)n(-c3cccnc3C(F)(F)F)c3nc(C4CC4)c(F)cc3c12. The smallest absolute Gasteiger partial charge is 0.281 e. The molecule has 0 amide bonds. The van der Waals surface area contributed by atoms with E-state index in [0.29, 0.717) is 11.1 Å². The number of pyridine rings is 3. The number of nitrogens with one attached hydrogen (secondary N) is 1. The van der Waals surface area contributed by atoms with Crippen molar-refractivity contribution in [2.45, 2.75) is 31.9 Å². The summed E-state index contributed by atoms with van der Waals surface area (Å²) >= 11 is 0. The number of alkyl halides is 3. The monoisotopic (exact) mass is 403 g/mol. The van der Waals surface area contributed by atoms with Crippen LogP contribution in [0, 0.1) is 12.7 Å². The van der Waals surface area contributed by atoms with Crippen LogP contribution in [0.5, 0.6) is 0 Å². The van der Waals surface area contributed by atoms with E-state index in [0.717, 1.165) is 29.7 Å². The molecule has 4 aromatic heterocycles. The molecule has 148 valence electrons. The molecule has 0 atom stereocenters. The predicted molar refractivity (Wildman–Crippen MR) is 96.5 cm³/mol. The highest BCUT2D eigenvalue weighted by Gasteiger charge is 2.37. The molecule has 0 spiro atoms. The Morgan fingerprint density at radius 3 is 2.72 bits per heavy atom. The molecule has 0 saturated heterocycles. The number of H-pyrrole nitrogens is 1. The summed E-state index contributed by atoms with van der Waals surface area (Å²) in [7, 11) is 0. The molecule has 1 aliphatic rings. The third kappa shape index (κ3) is 2.62. The molecule has 5 rings (SSSR count). The van der Waals surface area contributed by atoms with Crippen LogP contribution in [0.3, 0.4) is 0 Å². The molecule has 4 aromatic rings. The lowest BCUT2D eigenvalue weighted by atomic mass is 10.1. The zero-order chi connectivity index (χ0) is 20.5. The summed E-state index contributed by atoms with van der Waals surface area (Å²) in [6.45, 7) is 1.65. The van der Waals surface area contributed by atoms with Gasteiger partial charge in [0.25, 0.3) is 5.56 Å². The molecular weight excluding hydrogens is 390 g/mol. The predicted octanol–water partition coefficient (Wildman–Crippen LogP) is 4.00. The number of aryl methyl sites for hydroxylation is 1. The van der Waals surface area contributed by atoms with Crippen molar-refractivity contribution in [2.24, 2.45) is 0 Å². The average Bonchev–Trinajstić information content (AvgIpc) is 3.43. The maximum atomic E-state index is 14.7. The van der Waals surface area contributed by atoms with Gasteiger partial charge < -0.3 is 0 Å². The molecule has 29 heavy (non-hydrogen) atoms. The van der Waals surface area contributed by atoms with Gasteiger partial charge in [0.05, 0.1) is 11.4 Å². The number of rotatable bonds is 2. The van der Waals surface area contributed by atoms with Crippen LogP contribution in [0.15, 0.2) is 29.2 Å². The lowest BCUT2D eigenvalue weighted by Crippen LogP contribution is -2.24. The molecule has 1 N–H and O–H groups in total. The minimum atomic E-state index is -4.79. The van der Waals surface area contributed by atoms with E-state index < -0.39 is 28.9 Å². The van der Waals surface area contributed by atoms with Crippen LogP contribution in [0.4, 0.5) is 17.6 Å². The lowest BCUT2D eigenvalue weighted by Gasteiger charge is -2.16. The Balaban J connectivity index is 1.99. The molecule has 6 nitrogen and oxygen atoms in total. The van der Waals surface area contributed by atoms with Gasteiger partial charge in [0.1, 0.15) is 11.5 Å². The minimum absolute atomic E-state index is 0.0474. The molecule has 1 saturated carbocycles. The Labute approximate surface area is 160 Å². The Bertz CT molecular complexity index is 1350. The molecule has 0 radical (unpaired) electrons. The second kappa shape index (κ2) is 5.85. The summed E-state index contributed by atoms with van der Waals surface area (Å²) in [5.41, 5.74) is -1.97. The van der Waals surface area contributed by atoms with Crippen molar-refractivity contribution < 1.29 is 17.6 Å². The van der Waals surface area contributed by atoms with Crippen LogP contribution in [0.2, 0.25) is 0 Å². The lowest BCUT2D eigenvalue weighted by molar-refractivity contribution is -0.141. The van der Waals surface area contributed by atoms with Crippen LogP contribution in [-0.2, 0) is 6.18 Å². The van der Waals surface area contributed by atoms with E-state index in [1.807, 2.05) is 0 Å². The number of aromatic nitrogens is 5. The Morgan fingerprint density at radius 2 is 2.03 bits per heavy atom. The number of aromatic amines is 1. The quantitative estimate of drug-likeness (QED) is 0.514. The summed E-state index contributed by atoms with van der Waals surface area (Å²) in [6.07, 6.45) is -2.31. The molecule has 1 aliphatic carbocycles. The summed E-state index contributed by atoms with van der Waals surface area (Å²) in [5, 5.41) is 7.14. The second-order valence-corrected chi connectivity index (χ2v) is 7.08. The Hall–Kier alpha value is -3.30. The van der Waals surface area contributed by atoms with Gasteiger partial charge in [-0.25, -0.2) is 14.4 Å². The highest BCUT2D eigenvalue weighted by Crippen LogP contribution is 2.41. The van der Waals surface area contributed by atoms with Gasteiger partial charge in [-0.2, -0.15) is 18.3 Å². The van der Waals surface area contributed by atoms with E-state index in [1.54, 1.807) is 6.92 Å². The first-order chi connectivity index (χ1) is 13.8. The highest BCUT2D eigenvalue weighted by molar-refractivity contribution is 6.05. The second-order valence-electron chi connectivity index (χ2n) is 7.08. The van der Waals surface area contributed by atoms with Crippen LogP contribution >= 0.6 is 0 Å². The van der Waals surface area contributed by atoms with Crippen LogP contribution in [-0.4, -0.2) is 24.7 Å². The van der Waals surface area contributed by atoms with E-state index in [2.05, 4.69) is 20.2 Å². The van der Waals surface area contributed by atoms with Crippen molar-refractivity contribution in [1.82, 2.24) is 24.7 Å². The van der Waals surface area contributed by atoms with E-state index in [4.69, 9.17) is 0 Å². The molecule has 10 heteroatoms. The fourth-order valence-corrected chi connectivity index (χ4v) is 3.63. The van der Waals surface area contributed by atoms with Crippen molar-refractivity contribution in [2.75, 3.05) is 0 Å². The number of fused-ring (bicyclic) bond motifs is 3. The zero-order valence-electron chi connectivity index (χ0n) is 15.0. The van der Waals surface area contributed by atoms with Gasteiger partial charge in [-0.1, -0.05) is 0 Å². The van der Waals surface area contributed by atoms with Gasteiger partial charge in [-0.3, -0.25) is 14.5 Å². The van der Waals surface area contributed by atoms with E-state index in [9.17, 15) is 22.4 Å². The number of halogens is 4. The largest absolute Gasteiger partial charge is 0.435 e. The first-order valence-corrected chi connectivity index (χ1v) is 8.89. The topological polar surface area (TPSA) is 76.5 Å². The Kier molecular flexibility index (Phi) is 3.59. The highest BCUT2D eigenvalue weighted by atomic mass is 19.4. The number of hydrogen-bond acceptors (Lipinski definition) is 4. The van der Waals surface area contributed by atoms with Crippen molar-refractivity contribution in [1.29, 1.82) is 0 Å². The number of nitrogens with zero attached hydrogens (tertiary/aromatic N) is 4. The molecule has 1 fully saturated rings. The van der Waals surface area contributed by atoms with Crippen molar-refractivity contribution in [3.8, 4) is 5.69 Å². The van der Waals surface area contributed by atoms with Crippen LogP contribution < -0.4 is 5.56 Å². The van der Waals surface area contributed by atoms with E-state index in [-0.39, 0.29) is 28.2 Å².